The average molecular weight is 1550 g/mol. The quantitative estimate of drug-likeness (QED) is 0.0474. The standard InChI is InChI=1S/C27H18F3N3O2.C23H16F5N3O2.C18H17N3O.C17H15ClN4O/c1-34-26-22-10-5-3-8-20(22)19-7-2-4-9-21(19)25(26)33-32-23-11-6-12-24(31-23)35-18-15-13-17(14-16-18)27(28,29)30;1-32-21-17-10-5-3-8-15(17)14-7-2-4-9-16(14)20(21)31-30-18-11-6-12-19(29-18)33-13-22(24,25)23(26,27)28;1-12-10-13(2)19-17(11-12)20-21-18-15-7-5-4-6-14(15)8-9-16(18)22-3;1-10-15(18)17(20-11(2)19-10)22-21-16-13-7-5-4-6-12(13)8-9-14(16)23-3/h2-16H,1H3;2-12H,13H2,1H3;4-11H,1-3H3;4-9H,1-3H3. The molecule has 570 valence electrons. The molecule has 0 aliphatic carbocycles. The SMILES string of the molecule is COc1c(N=Nc2cccc(OCC(F)(F)C(F)(F)F)n2)c2ccccc2c2ccccc12.COc1c(N=Nc2cccc(Oc3ccc(C(F)(F)F)cc3)n2)c2ccccc2c2ccccc12.COc1ccc2ccccc2c1N=Nc1cc(C)cc(C)n1.COc1ccc2ccccc2c1N=Nc1nc(C)nc(C)c1Cl. The van der Waals surface area contributed by atoms with Gasteiger partial charge in [-0.3, -0.25) is 0 Å². The highest BCUT2D eigenvalue weighted by molar-refractivity contribution is 6.33. The van der Waals surface area contributed by atoms with Crippen LogP contribution < -0.4 is 28.4 Å². The Labute approximate surface area is 646 Å². The van der Waals surface area contributed by atoms with Gasteiger partial charge in [-0.15, -0.1) is 40.9 Å². The molecule has 28 heteroatoms. The second-order valence-electron chi connectivity index (χ2n) is 24.8. The lowest BCUT2D eigenvalue weighted by Crippen LogP contribution is -2.41. The van der Waals surface area contributed by atoms with Gasteiger partial charge in [-0.1, -0.05) is 181 Å². The first-order valence-corrected chi connectivity index (χ1v) is 34.9. The Balaban J connectivity index is 0.000000142. The second kappa shape index (κ2) is 35.0. The van der Waals surface area contributed by atoms with Crippen LogP contribution in [0.25, 0.3) is 64.6 Å². The van der Waals surface area contributed by atoms with Gasteiger partial charge in [0.15, 0.2) is 41.4 Å². The lowest BCUT2D eigenvalue weighted by atomic mass is 9.99. The van der Waals surface area contributed by atoms with E-state index in [-0.39, 0.29) is 23.3 Å². The summed E-state index contributed by atoms with van der Waals surface area (Å²) in [5, 5.41) is 46.2. The van der Waals surface area contributed by atoms with Crippen molar-refractivity contribution in [1.29, 1.82) is 0 Å². The first-order valence-electron chi connectivity index (χ1n) is 34.5. The van der Waals surface area contributed by atoms with Crippen LogP contribution in [-0.2, 0) is 6.18 Å². The summed E-state index contributed by atoms with van der Waals surface area (Å²) >= 11 is 6.21. The van der Waals surface area contributed by atoms with Gasteiger partial charge >= 0.3 is 18.3 Å². The van der Waals surface area contributed by atoms with E-state index >= 15 is 0 Å². The van der Waals surface area contributed by atoms with Gasteiger partial charge in [-0.2, -0.15) is 45.1 Å². The molecule has 0 spiro atoms. The number of rotatable bonds is 17. The summed E-state index contributed by atoms with van der Waals surface area (Å²) in [4.78, 5) is 21.0. The maximum Gasteiger partial charge on any atom is 0.456 e. The van der Waals surface area contributed by atoms with Gasteiger partial charge in [-0.05, 0) is 126 Å². The van der Waals surface area contributed by atoms with Crippen LogP contribution in [0.4, 0.5) is 81.1 Å². The van der Waals surface area contributed by atoms with Gasteiger partial charge in [0, 0.05) is 50.1 Å². The van der Waals surface area contributed by atoms with Gasteiger partial charge in [0.25, 0.3) is 0 Å². The average Bonchev–Trinajstić information content (AvgIpc) is 0.758. The molecule has 0 aliphatic rings. The fourth-order valence-corrected chi connectivity index (χ4v) is 12.1. The van der Waals surface area contributed by atoms with Crippen LogP contribution in [-0.4, -0.2) is 72.1 Å². The number of hydrogen-bond donors (Lipinski definition) is 0. The highest BCUT2D eigenvalue weighted by Gasteiger charge is 2.58. The third kappa shape index (κ3) is 18.7. The van der Waals surface area contributed by atoms with Crippen molar-refractivity contribution in [3.05, 3.63) is 276 Å². The molecule has 0 fully saturated rings. The maximum atomic E-state index is 13.1. The predicted octanol–water partition coefficient (Wildman–Crippen LogP) is 26.6. The minimum Gasteiger partial charge on any atom is -0.494 e. The van der Waals surface area contributed by atoms with Crippen molar-refractivity contribution < 1.29 is 63.5 Å². The zero-order chi connectivity index (χ0) is 80.0. The van der Waals surface area contributed by atoms with Gasteiger partial charge in [-0.25, -0.2) is 15.0 Å². The minimum atomic E-state index is -5.72. The smallest absolute Gasteiger partial charge is 0.456 e. The van der Waals surface area contributed by atoms with Crippen LogP contribution in [0.1, 0.15) is 28.3 Å². The molecule has 0 unspecified atom stereocenters. The van der Waals surface area contributed by atoms with E-state index in [4.69, 9.17) is 35.3 Å². The van der Waals surface area contributed by atoms with Crippen LogP contribution in [0.15, 0.2) is 284 Å². The molecule has 0 amide bonds. The Kier molecular flexibility index (Phi) is 24.5. The number of alkyl halides is 8. The van der Waals surface area contributed by atoms with Gasteiger partial charge < -0.3 is 28.4 Å². The molecule has 0 atom stereocenters. The summed E-state index contributed by atoms with van der Waals surface area (Å²) in [5.41, 5.74) is 4.33. The normalized spacial score (nSPS) is 11.8. The van der Waals surface area contributed by atoms with Gasteiger partial charge in [0.2, 0.25) is 11.8 Å². The van der Waals surface area contributed by atoms with Crippen molar-refractivity contribution in [2.24, 2.45) is 40.9 Å². The highest BCUT2D eigenvalue weighted by Crippen LogP contribution is 2.47. The van der Waals surface area contributed by atoms with Crippen LogP contribution in [0, 0.1) is 27.7 Å². The maximum absolute atomic E-state index is 13.1. The highest BCUT2D eigenvalue weighted by atomic mass is 35.5. The van der Waals surface area contributed by atoms with Crippen molar-refractivity contribution in [2.75, 3.05) is 35.0 Å². The number of halogens is 9. The predicted molar refractivity (Wildman–Crippen MR) is 420 cm³/mol. The number of nitrogens with zero attached hydrogens (tertiary/aromatic N) is 13. The summed E-state index contributed by atoms with van der Waals surface area (Å²) in [6.07, 6.45) is -10.1. The Bertz CT molecular complexity index is 6090. The molecule has 11 aromatic carbocycles. The first-order chi connectivity index (χ1) is 54.4. The number of ether oxygens (including phenoxy) is 6. The number of hydrogen-bond acceptors (Lipinski definition) is 19. The molecule has 0 saturated heterocycles. The van der Waals surface area contributed by atoms with Crippen LogP contribution >= 0.6 is 11.6 Å². The monoisotopic (exact) mass is 1550 g/mol. The van der Waals surface area contributed by atoms with E-state index in [1.807, 2.05) is 203 Å². The Morgan fingerprint density at radius 3 is 1.26 bits per heavy atom. The topological polar surface area (TPSA) is 219 Å². The van der Waals surface area contributed by atoms with Crippen molar-refractivity contribution in [3.8, 4) is 40.5 Å². The molecular weight excluding hydrogens is 1490 g/mol. The Morgan fingerprint density at radius 1 is 0.363 bits per heavy atom. The van der Waals surface area contributed by atoms with E-state index in [1.54, 1.807) is 46.5 Å². The number of aromatic nitrogens is 5. The van der Waals surface area contributed by atoms with Crippen LogP contribution in [0.2, 0.25) is 5.02 Å². The number of benzene rings is 11. The molecule has 4 heterocycles. The first kappa shape index (κ1) is 79.0. The molecule has 0 N–H and O–H groups in total. The van der Waals surface area contributed by atoms with E-state index in [0.717, 1.165) is 99.8 Å². The molecule has 4 aromatic heterocycles. The minimum absolute atomic E-state index is 0.0397. The lowest BCUT2D eigenvalue weighted by molar-refractivity contribution is -0.290. The Morgan fingerprint density at radius 2 is 0.788 bits per heavy atom. The molecule has 0 saturated carbocycles. The molecule has 0 aliphatic heterocycles. The molecular formula is C85H66ClF8N13O6. The molecule has 19 nitrogen and oxygen atoms in total. The van der Waals surface area contributed by atoms with Gasteiger partial charge in [0.1, 0.15) is 50.8 Å². The third-order valence-corrected chi connectivity index (χ3v) is 17.6. The summed E-state index contributed by atoms with van der Waals surface area (Å²) in [6, 6.07) is 71.8. The third-order valence-electron chi connectivity index (χ3n) is 17.1. The van der Waals surface area contributed by atoms with E-state index in [9.17, 15) is 35.1 Å². The second-order valence-corrected chi connectivity index (χ2v) is 25.2. The number of azo groups is 4. The number of methoxy groups -OCH3 is 4. The summed E-state index contributed by atoms with van der Waals surface area (Å²) in [5.74, 6) is -0.836. The zero-order valence-corrected chi connectivity index (χ0v) is 62.2. The fourth-order valence-electron chi connectivity index (χ4n) is 12.0. The fraction of sp³-hybridized carbons (Fsp3) is 0.141. The van der Waals surface area contributed by atoms with Crippen molar-refractivity contribution in [2.45, 2.75) is 46.0 Å². The lowest BCUT2D eigenvalue weighted by Gasteiger charge is -2.19. The molecule has 15 aromatic rings. The summed E-state index contributed by atoms with van der Waals surface area (Å²) in [6.45, 7) is 5.68. The van der Waals surface area contributed by atoms with E-state index in [1.165, 1.54) is 31.4 Å². The van der Waals surface area contributed by atoms with Gasteiger partial charge in [0.05, 0.1) is 39.7 Å². The van der Waals surface area contributed by atoms with Crippen LogP contribution in [0.5, 0.6) is 40.5 Å². The van der Waals surface area contributed by atoms with E-state index in [2.05, 4.69) is 70.6 Å². The molecule has 113 heavy (non-hydrogen) atoms. The molecule has 0 bridgehead atoms. The number of pyridine rings is 3. The van der Waals surface area contributed by atoms with Crippen molar-refractivity contribution in [3.63, 3.8) is 0 Å². The van der Waals surface area contributed by atoms with Crippen LogP contribution in [0.3, 0.4) is 0 Å². The molecule has 15 rings (SSSR count). The van der Waals surface area contributed by atoms with E-state index < -0.39 is 36.3 Å². The summed E-state index contributed by atoms with van der Waals surface area (Å²) < 4.78 is 134. The summed E-state index contributed by atoms with van der Waals surface area (Å²) in [7, 11) is 6.34. The Hall–Kier alpha value is -13.6. The molecule has 0 radical (unpaired) electrons. The van der Waals surface area contributed by atoms with Crippen molar-refractivity contribution in [1.82, 2.24) is 24.9 Å². The number of fused-ring (bicyclic) bond motifs is 8. The van der Waals surface area contributed by atoms with E-state index in [0.29, 0.717) is 68.2 Å². The van der Waals surface area contributed by atoms with Crippen molar-refractivity contribution >= 4 is 122 Å². The largest absolute Gasteiger partial charge is 0.494 e. The number of aryl methyl sites for hydroxylation is 4. The zero-order valence-electron chi connectivity index (χ0n) is 61.5.